The number of hydrogen-bond donors (Lipinski definition) is 1. The zero-order chi connectivity index (χ0) is 23.5. The first-order valence-electron chi connectivity index (χ1n) is 9.84. The predicted octanol–water partition coefficient (Wildman–Crippen LogP) is 4.67. The number of esters is 2. The number of non-ortho nitro benzene ring substituents is 1. The van der Waals surface area contributed by atoms with Crippen molar-refractivity contribution in [1.29, 1.82) is 0 Å². The van der Waals surface area contributed by atoms with E-state index < -0.39 is 16.5 Å². The van der Waals surface area contributed by atoms with Gasteiger partial charge in [-0.15, -0.1) is 0 Å². The first-order valence-corrected chi connectivity index (χ1v) is 9.84. The maximum atomic E-state index is 12.8. The molecular weight excluding hydrogens is 414 g/mol. The highest BCUT2D eigenvalue weighted by Gasteiger charge is 2.25. The highest BCUT2D eigenvalue weighted by atomic mass is 16.6. The second-order valence-electron chi connectivity index (χ2n) is 8.09. The Labute approximate surface area is 184 Å². The Morgan fingerprint density at radius 1 is 1.03 bits per heavy atom. The Balaban J connectivity index is 2.00. The van der Waals surface area contributed by atoms with E-state index in [0.717, 1.165) is 5.56 Å². The first-order chi connectivity index (χ1) is 15.0. The molecule has 0 aliphatic heterocycles. The Morgan fingerprint density at radius 3 is 2.16 bits per heavy atom. The molecular formula is C23H23N3O6. The molecule has 0 bridgehead atoms. The van der Waals surface area contributed by atoms with Gasteiger partial charge in [-0.2, -0.15) is 0 Å². The van der Waals surface area contributed by atoms with Crippen molar-refractivity contribution in [1.82, 2.24) is 9.97 Å². The van der Waals surface area contributed by atoms with Gasteiger partial charge in [0.05, 0.1) is 4.92 Å². The minimum absolute atomic E-state index is 0.0451. The third-order valence-electron chi connectivity index (χ3n) is 4.33. The molecule has 1 aromatic heterocycles. The topological polar surface area (TPSA) is 124 Å². The molecule has 0 aliphatic carbocycles. The van der Waals surface area contributed by atoms with Crippen LogP contribution in [0.3, 0.4) is 0 Å². The molecule has 32 heavy (non-hydrogen) atoms. The maximum absolute atomic E-state index is 12.8. The summed E-state index contributed by atoms with van der Waals surface area (Å²) in [5.41, 5.74) is 1.82. The Hall–Kier alpha value is -4.01. The quantitative estimate of drug-likeness (QED) is 0.337. The monoisotopic (exact) mass is 437 g/mol. The molecule has 0 fully saturated rings. The third kappa shape index (κ3) is 5.57. The number of aromatic nitrogens is 2. The van der Waals surface area contributed by atoms with Crippen LogP contribution in [0.25, 0.3) is 22.6 Å². The fourth-order valence-electron chi connectivity index (χ4n) is 2.88. The lowest BCUT2D eigenvalue weighted by molar-refractivity contribution is -0.384. The Morgan fingerprint density at radius 2 is 1.62 bits per heavy atom. The summed E-state index contributed by atoms with van der Waals surface area (Å²) >= 11 is 0. The van der Waals surface area contributed by atoms with Crippen LogP contribution in [0.5, 0.6) is 0 Å². The van der Waals surface area contributed by atoms with E-state index >= 15 is 0 Å². The van der Waals surface area contributed by atoms with Crippen molar-refractivity contribution in [3.8, 4) is 22.6 Å². The van der Waals surface area contributed by atoms with Gasteiger partial charge in [0.1, 0.15) is 23.7 Å². The third-order valence-corrected chi connectivity index (χ3v) is 4.33. The molecule has 3 rings (SSSR count). The summed E-state index contributed by atoms with van der Waals surface area (Å²) in [5.74, 6) is -0.571. The maximum Gasteiger partial charge on any atom is 0.357 e. The molecule has 3 aromatic rings. The number of ether oxygens (including phenoxy) is 2. The number of benzene rings is 2. The number of carbonyl (C=O) groups excluding carboxylic acids is 2. The highest BCUT2D eigenvalue weighted by Crippen LogP contribution is 2.29. The molecule has 166 valence electrons. The summed E-state index contributed by atoms with van der Waals surface area (Å²) < 4.78 is 10.5. The number of carbonyl (C=O) groups is 2. The standard InChI is InChI=1S/C23H23N3O6/c1-14(27)31-13-15-5-7-16(8-6-15)19-20(22(28)32-23(2,3)4)25-21(24-19)17-9-11-18(12-10-17)26(29)30/h5-12H,13H2,1-4H3,(H,24,25). The minimum atomic E-state index is -0.707. The SMILES string of the molecule is CC(=O)OCc1ccc(-c2nc(-c3ccc([N+](=O)[O-])cc3)[nH]c2C(=O)OC(C)(C)C)cc1. The summed E-state index contributed by atoms with van der Waals surface area (Å²) in [5, 5.41) is 10.9. The molecule has 2 aromatic carbocycles. The average Bonchev–Trinajstić information content (AvgIpc) is 3.17. The van der Waals surface area contributed by atoms with Crippen LogP contribution in [0.4, 0.5) is 5.69 Å². The molecule has 9 heteroatoms. The smallest absolute Gasteiger partial charge is 0.357 e. The second kappa shape index (κ2) is 9.01. The zero-order valence-electron chi connectivity index (χ0n) is 18.2. The number of nitrogens with one attached hydrogen (secondary N) is 1. The van der Waals surface area contributed by atoms with Crippen LogP contribution in [0, 0.1) is 10.1 Å². The summed E-state index contributed by atoms with van der Waals surface area (Å²) in [4.78, 5) is 41.9. The van der Waals surface area contributed by atoms with E-state index in [-0.39, 0.29) is 24.0 Å². The first kappa shape index (κ1) is 22.7. The van der Waals surface area contributed by atoms with Gasteiger partial charge >= 0.3 is 11.9 Å². The van der Waals surface area contributed by atoms with Crippen LogP contribution in [0.1, 0.15) is 43.7 Å². The van der Waals surface area contributed by atoms with Crippen LogP contribution >= 0.6 is 0 Å². The molecule has 0 saturated carbocycles. The molecule has 1 N–H and O–H groups in total. The number of aromatic amines is 1. The summed E-state index contributed by atoms with van der Waals surface area (Å²) in [7, 11) is 0. The van der Waals surface area contributed by atoms with Crippen LogP contribution in [-0.4, -0.2) is 32.4 Å². The molecule has 0 unspecified atom stereocenters. The number of nitro benzene ring substituents is 1. The largest absolute Gasteiger partial charge is 0.461 e. The van der Waals surface area contributed by atoms with Gasteiger partial charge in [0, 0.05) is 30.2 Å². The molecule has 1 heterocycles. The fraction of sp³-hybridized carbons (Fsp3) is 0.261. The van der Waals surface area contributed by atoms with E-state index in [0.29, 0.717) is 22.6 Å². The summed E-state index contributed by atoms with van der Waals surface area (Å²) in [6, 6.07) is 12.9. The number of rotatable bonds is 6. The highest BCUT2D eigenvalue weighted by molar-refractivity contribution is 5.95. The van der Waals surface area contributed by atoms with E-state index in [9.17, 15) is 19.7 Å². The van der Waals surface area contributed by atoms with Crippen LogP contribution in [-0.2, 0) is 20.9 Å². The van der Waals surface area contributed by atoms with E-state index in [2.05, 4.69) is 9.97 Å². The molecule has 0 atom stereocenters. The van der Waals surface area contributed by atoms with Gasteiger partial charge in [0.25, 0.3) is 5.69 Å². The van der Waals surface area contributed by atoms with Gasteiger partial charge < -0.3 is 14.5 Å². The van der Waals surface area contributed by atoms with Gasteiger partial charge in [-0.3, -0.25) is 14.9 Å². The Kier molecular flexibility index (Phi) is 6.38. The van der Waals surface area contributed by atoms with Gasteiger partial charge in [-0.25, -0.2) is 9.78 Å². The molecule has 0 spiro atoms. The van der Waals surface area contributed by atoms with Gasteiger partial charge in [0.15, 0.2) is 5.69 Å². The predicted molar refractivity (Wildman–Crippen MR) is 117 cm³/mol. The van der Waals surface area contributed by atoms with Crippen molar-refractivity contribution in [2.75, 3.05) is 0 Å². The number of hydrogen-bond acceptors (Lipinski definition) is 7. The van der Waals surface area contributed by atoms with Crippen LogP contribution in [0.2, 0.25) is 0 Å². The van der Waals surface area contributed by atoms with Gasteiger partial charge in [-0.05, 0) is 38.5 Å². The lowest BCUT2D eigenvalue weighted by atomic mass is 10.1. The van der Waals surface area contributed by atoms with E-state index in [1.54, 1.807) is 57.2 Å². The molecule has 0 saturated heterocycles. The van der Waals surface area contributed by atoms with Crippen molar-refractivity contribution >= 4 is 17.6 Å². The van der Waals surface area contributed by atoms with Crippen LogP contribution < -0.4 is 0 Å². The van der Waals surface area contributed by atoms with E-state index in [1.165, 1.54) is 19.1 Å². The summed E-state index contributed by atoms with van der Waals surface area (Å²) in [6.45, 7) is 6.78. The fourth-order valence-corrected chi connectivity index (χ4v) is 2.88. The molecule has 0 amide bonds. The molecule has 0 radical (unpaired) electrons. The van der Waals surface area contributed by atoms with Crippen LogP contribution in [0.15, 0.2) is 48.5 Å². The van der Waals surface area contributed by atoms with E-state index in [4.69, 9.17) is 9.47 Å². The van der Waals surface area contributed by atoms with Crippen molar-refractivity contribution in [3.05, 3.63) is 69.9 Å². The van der Waals surface area contributed by atoms with Crippen molar-refractivity contribution in [2.45, 2.75) is 39.9 Å². The second-order valence-corrected chi connectivity index (χ2v) is 8.09. The molecule has 9 nitrogen and oxygen atoms in total. The lowest BCUT2D eigenvalue weighted by Gasteiger charge is -2.19. The number of nitrogens with zero attached hydrogens (tertiary/aromatic N) is 2. The minimum Gasteiger partial charge on any atom is -0.461 e. The zero-order valence-corrected chi connectivity index (χ0v) is 18.2. The number of nitro groups is 1. The van der Waals surface area contributed by atoms with Gasteiger partial charge in [0.2, 0.25) is 0 Å². The van der Waals surface area contributed by atoms with Crippen molar-refractivity contribution < 1.29 is 24.0 Å². The van der Waals surface area contributed by atoms with E-state index in [1.807, 2.05) is 0 Å². The van der Waals surface area contributed by atoms with Crippen molar-refractivity contribution in [2.24, 2.45) is 0 Å². The Bertz CT molecular complexity index is 1140. The van der Waals surface area contributed by atoms with Gasteiger partial charge in [-0.1, -0.05) is 24.3 Å². The normalized spacial score (nSPS) is 11.1. The molecule has 0 aliphatic rings. The average molecular weight is 437 g/mol. The lowest BCUT2D eigenvalue weighted by Crippen LogP contribution is -2.24. The number of H-pyrrole nitrogens is 1. The van der Waals surface area contributed by atoms with Crippen molar-refractivity contribution in [3.63, 3.8) is 0 Å². The number of imidazole rings is 1. The summed E-state index contributed by atoms with van der Waals surface area (Å²) in [6.07, 6.45) is 0.